The van der Waals surface area contributed by atoms with Gasteiger partial charge in [0.25, 0.3) is 0 Å². The number of urea groups is 1. The maximum Gasteiger partial charge on any atom is 0.416 e. The van der Waals surface area contributed by atoms with Crippen molar-refractivity contribution in [3.05, 3.63) is 29.8 Å². The molecule has 34 heavy (non-hydrogen) atoms. The molecule has 188 valence electrons. The second kappa shape index (κ2) is 10.5. The molecule has 2 heterocycles. The van der Waals surface area contributed by atoms with Crippen molar-refractivity contribution < 1.29 is 37.3 Å². The molecule has 1 aliphatic carbocycles. The van der Waals surface area contributed by atoms with Crippen LogP contribution in [0.15, 0.2) is 24.3 Å². The van der Waals surface area contributed by atoms with Crippen LogP contribution in [0.1, 0.15) is 37.7 Å². The van der Waals surface area contributed by atoms with Gasteiger partial charge in [0, 0.05) is 12.2 Å². The summed E-state index contributed by atoms with van der Waals surface area (Å²) in [5.41, 5.74) is -0.596. The lowest BCUT2D eigenvalue weighted by molar-refractivity contribution is -0.149. The second-order valence-corrected chi connectivity index (χ2v) is 9.24. The number of hydrogen-bond donors (Lipinski definition) is 3. The van der Waals surface area contributed by atoms with Crippen LogP contribution in [0.2, 0.25) is 0 Å². The Morgan fingerprint density at radius 3 is 2.50 bits per heavy atom. The number of carbonyl (C=O) groups is 2. The van der Waals surface area contributed by atoms with Crippen LogP contribution in [0.4, 0.5) is 23.7 Å². The minimum absolute atomic E-state index is 0.0104. The predicted molar refractivity (Wildman–Crippen MR) is 116 cm³/mol. The van der Waals surface area contributed by atoms with Gasteiger partial charge in [0.1, 0.15) is 6.10 Å². The molecular formula is C23H30F3N3O5. The highest BCUT2D eigenvalue weighted by atomic mass is 19.4. The lowest BCUT2D eigenvalue weighted by Crippen LogP contribution is -2.58. The summed E-state index contributed by atoms with van der Waals surface area (Å²) in [4.78, 5) is 26.7. The number of hydrogen-bond acceptors (Lipinski definition) is 5. The predicted octanol–water partition coefficient (Wildman–Crippen LogP) is 2.76. The van der Waals surface area contributed by atoms with Crippen molar-refractivity contribution in [2.75, 3.05) is 31.6 Å². The lowest BCUT2D eigenvalue weighted by atomic mass is 9.95. The van der Waals surface area contributed by atoms with Crippen molar-refractivity contribution in [1.82, 2.24) is 10.2 Å². The molecule has 3 aliphatic rings. The number of amides is 3. The molecule has 0 bridgehead atoms. The number of alkyl halides is 3. The zero-order chi connectivity index (χ0) is 24.3. The summed E-state index contributed by atoms with van der Waals surface area (Å²) < 4.78 is 50.1. The summed E-state index contributed by atoms with van der Waals surface area (Å²) in [5, 5.41) is 15.8. The van der Waals surface area contributed by atoms with Crippen LogP contribution in [-0.2, 0) is 20.4 Å². The van der Waals surface area contributed by atoms with E-state index in [4.69, 9.17) is 9.47 Å². The van der Waals surface area contributed by atoms with Gasteiger partial charge < -0.3 is 30.1 Å². The molecule has 0 aromatic heterocycles. The number of anilines is 1. The third-order valence-corrected chi connectivity index (χ3v) is 6.40. The number of nitrogens with zero attached hydrogens (tertiary/aromatic N) is 1. The summed E-state index contributed by atoms with van der Waals surface area (Å²) in [7, 11) is 0. The van der Waals surface area contributed by atoms with Crippen LogP contribution < -0.4 is 10.6 Å². The quantitative estimate of drug-likeness (QED) is 0.596. The highest BCUT2D eigenvalue weighted by Crippen LogP contribution is 2.31. The van der Waals surface area contributed by atoms with Gasteiger partial charge in [0.2, 0.25) is 5.91 Å². The Morgan fingerprint density at radius 1 is 1.09 bits per heavy atom. The highest BCUT2D eigenvalue weighted by molar-refractivity contribution is 5.89. The molecule has 8 nitrogen and oxygen atoms in total. The van der Waals surface area contributed by atoms with Crippen molar-refractivity contribution >= 4 is 17.6 Å². The van der Waals surface area contributed by atoms with E-state index < -0.39 is 36.0 Å². The first-order valence-electron chi connectivity index (χ1n) is 11.6. The first kappa shape index (κ1) is 24.7. The van der Waals surface area contributed by atoms with Gasteiger partial charge in [-0.2, -0.15) is 13.2 Å². The zero-order valence-corrected chi connectivity index (χ0v) is 18.7. The van der Waals surface area contributed by atoms with Gasteiger partial charge in [0.05, 0.1) is 50.0 Å². The fourth-order valence-electron chi connectivity index (χ4n) is 4.37. The van der Waals surface area contributed by atoms with Crippen molar-refractivity contribution in [3.63, 3.8) is 0 Å². The summed E-state index contributed by atoms with van der Waals surface area (Å²) in [6.45, 7) is 0.856. The van der Waals surface area contributed by atoms with E-state index in [1.54, 1.807) is 0 Å². The van der Waals surface area contributed by atoms with Crippen molar-refractivity contribution in [1.29, 1.82) is 0 Å². The highest BCUT2D eigenvalue weighted by Gasteiger charge is 2.40. The Bertz CT molecular complexity index is 862. The average Bonchev–Trinajstić information content (AvgIpc) is 3.60. The zero-order valence-electron chi connectivity index (χ0n) is 18.7. The van der Waals surface area contributed by atoms with Crippen molar-refractivity contribution in [2.45, 2.75) is 62.6 Å². The average molecular weight is 486 g/mol. The smallest absolute Gasteiger partial charge is 0.389 e. The first-order chi connectivity index (χ1) is 16.2. The van der Waals surface area contributed by atoms with E-state index in [2.05, 4.69) is 10.6 Å². The number of benzene rings is 1. The van der Waals surface area contributed by atoms with E-state index in [0.29, 0.717) is 25.3 Å². The third-order valence-electron chi connectivity index (χ3n) is 6.40. The number of aliphatic hydroxyl groups excluding tert-OH is 1. The van der Waals surface area contributed by atoms with E-state index >= 15 is 0 Å². The first-order valence-corrected chi connectivity index (χ1v) is 11.6. The molecule has 2 aliphatic heterocycles. The minimum atomic E-state index is -4.46. The monoisotopic (exact) mass is 485 g/mol. The Kier molecular flexibility index (Phi) is 7.63. The lowest BCUT2D eigenvalue weighted by Gasteiger charge is -2.44. The van der Waals surface area contributed by atoms with E-state index in [1.807, 2.05) is 0 Å². The summed E-state index contributed by atoms with van der Waals surface area (Å²) >= 11 is 0. The van der Waals surface area contributed by atoms with Crippen LogP contribution in [0.3, 0.4) is 0 Å². The Hall–Kier alpha value is -2.37. The number of aliphatic hydroxyl groups is 1. The second-order valence-electron chi connectivity index (χ2n) is 9.24. The Morgan fingerprint density at radius 2 is 1.82 bits per heavy atom. The molecule has 1 saturated carbocycles. The number of nitrogens with one attached hydrogen (secondary N) is 2. The van der Waals surface area contributed by atoms with Gasteiger partial charge in [0.15, 0.2) is 0 Å². The fraction of sp³-hybridized carbons (Fsp3) is 0.652. The number of fused-ring (bicyclic) bond motifs is 1. The molecule has 11 heteroatoms. The number of carbonyl (C=O) groups excluding carboxylic acids is 2. The van der Waals surface area contributed by atoms with E-state index in [1.165, 1.54) is 17.0 Å². The summed E-state index contributed by atoms with van der Waals surface area (Å²) in [6, 6.07) is 3.23. The number of ether oxygens (including phenoxy) is 2. The minimum Gasteiger partial charge on any atom is -0.389 e. The Balaban J connectivity index is 1.38. The SMILES string of the molecule is O=C(C[C@@H]1CC[C@@H]2[C@H](COC[C@H](O)CN2C(=O)Nc2ccc(C(F)(F)F)cc2)O1)NCC1CC1. The van der Waals surface area contributed by atoms with Crippen LogP contribution in [0, 0.1) is 5.92 Å². The molecule has 4 atom stereocenters. The van der Waals surface area contributed by atoms with Gasteiger partial charge >= 0.3 is 12.2 Å². The fourth-order valence-corrected chi connectivity index (χ4v) is 4.37. The van der Waals surface area contributed by atoms with E-state index in [-0.39, 0.29) is 43.9 Å². The number of halogens is 3. The van der Waals surface area contributed by atoms with Gasteiger partial charge in [-0.1, -0.05) is 0 Å². The molecule has 1 aromatic rings. The normalized spacial score (nSPS) is 27.8. The molecule has 0 spiro atoms. The third kappa shape index (κ3) is 6.61. The summed E-state index contributed by atoms with van der Waals surface area (Å²) in [6.07, 6.45) is -2.53. The van der Waals surface area contributed by atoms with Crippen LogP contribution in [0.25, 0.3) is 0 Å². The standard InChI is InChI=1S/C23H30F3N3O5/c24-23(25,26)15-3-5-16(6-4-15)28-22(32)29-11-17(30)12-33-13-20-19(29)8-7-18(34-20)9-21(31)27-10-14-1-2-14/h3-6,14,17-20,30H,1-2,7-13H2,(H,27,31)(H,28,32)/t17-,18+,19-,20+/m1/s1. The molecule has 3 N–H and O–H groups in total. The van der Waals surface area contributed by atoms with Gasteiger partial charge in [-0.25, -0.2) is 4.79 Å². The van der Waals surface area contributed by atoms with Crippen LogP contribution >= 0.6 is 0 Å². The summed E-state index contributed by atoms with van der Waals surface area (Å²) in [5.74, 6) is 0.525. The largest absolute Gasteiger partial charge is 0.416 e. The molecule has 3 amide bonds. The maximum atomic E-state index is 13.0. The van der Waals surface area contributed by atoms with Crippen molar-refractivity contribution in [3.8, 4) is 0 Å². The molecule has 0 radical (unpaired) electrons. The van der Waals surface area contributed by atoms with E-state index in [0.717, 1.165) is 25.0 Å². The Labute approximate surface area is 195 Å². The molecule has 4 rings (SSSR count). The molecule has 0 unspecified atom stereocenters. The topological polar surface area (TPSA) is 100 Å². The van der Waals surface area contributed by atoms with Crippen LogP contribution in [-0.4, -0.2) is 72.6 Å². The number of β-amino-alcohol motifs (C(OH)–C–C–N with tert-alkyl or cyclic N) is 1. The molecular weight excluding hydrogens is 455 g/mol. The maximum absolute atomic E-state index is 13.0. The molecule has 3 fully saturated rings. The van der Waals surface area contributed by atoms with Crippen LogP contribution in [0.5, 0.6) is 0 Å². The van der Waals surface area contributed by atoms with Gasteiger partial charge in [-0.3, -0.25) is 4.79 Å². The molecule has 1 aromatic carbocycles. The van der Waals surface area contributed by atoms with Crippen molar-refractivity contribution in [2.24, 2.45) is 5.92 Å². The number of rotatable bonds is 5. The van der Waals surface area contributed by atoms with Gasteiger partial charge in [-0.15, -0.1) is 0 Å². The van der Waals surface area contributed by atoms with E-state index in [9.17, 15) is 27.9 Å². The molecule has 2 saturated heterocycles. The van der Waals surface area contributed by atoms with Gasteiger partial charge in [-0.05, 0) is 55.9 Å².